The second kappa shape index (κ2) is 7.63. The number of carbonyl (C=O) groups is 1. The molecule has 1 amide bonds. The third kappa shape index (κ3) is 3.34. The summed E-state index contributed by atoms with van der Waals surface area (Å²) in [4.78, 5) is 22.9. The lowest BCUT2D eigenvalue weighted by atomic mass is 9.86. The Bertz CT molecular complexity index is 1640. The van der Waals surface area contributed by atoms with E-state index in [1.807, 2.05) is 68.2 Å². The molecule has 3 heterocycles. The van der Waals surface area contributed by atoms with E-state index in [0.717, 1.165) is 50.0 Å². The zero-order valence-corrected chi connectivity index (χ0v) is 19.7. The van der Waals surface area contributed by atoms with Crippen molar-refractivity contribution < 1.29 is 9.18 Å². The first-order valence-corrected chi connectivity index (χ1v) is 11.6. The molecule has 1 aliphatic rings. The molecule has 6 nitrogen and oxygen atoms in total. The summed E-state index contributed by atoms with van der Waals surface area (Å²) in [6, 6.07) is 16.5. The molecular formula is C28H24FN5O. The van der Waals surface area contributed by atoms with E-state index in [4.69, 9.17) is 4.98 Å². The van der Waals surface area contributed by atoms with Crippen molar-refractivity contribution >= 4 is 45.7 Å². The molecule has 0 atom stereocenters. The number of carbonyl (C=O) groups excluding carboxylic acids is 1. The highest BCUT2D eigenvalue weighted by Crippen LogP contribution is 2.43. The molecule has 7 heteroatoms. The number of aromatic nitrogens is 4. The monoisotopic (exact) mass is 465 g/mol. The van der Waals surface area contributed by atoms with E-state index in [2.05, 4.69) is 15.2 Å². The normalized spacial score (nSPS) is 15.1. The molecule has 174 valence electrons. The van der Waals surface area contributed by atoms with Gasteiger partial charge in [-0.25, -0.2) is 9.37 Å². The van der Waals surface area contributed by atoms with E-state index in [-0.39, 0.29) is 11.7 Å². The molecule has 0 bridgehead atoms. The zero-order chi connectivity index (χ0) is 24.3. The van der Waals surface area contributed by atoms with Crippen LogP contribution in [0, 0.1) is 5.82 Å². The van der Waals surface area contributed by atoms with Crippen LogP contribution < -0.4 is 4.90 Å². The van der Waals surface area contributed by atoms with Gasteiger partial charge in [0.25, 0.3) is 0 Å². The SMILES string of the molecule is CCN1C(=O)C(C)(C)c2cc3nc(-c4n[nH]c5cc(/C=C/c6ccc(F)cc6)ccc45)[nH]c3cc21. The number of nitrogens with zero attached hydrogens (tertiary/aromatic N) is 3. The van der Waals surface area contributed by atoms with Crippen LogP contribution in [0.3, 0.4) is 0 Å². The number of halogens is 1. The third-order valence-electron chi connectivity index (χ3n) is 6.81. The van der Waals surface area contributed by atoms with Crippen molar-refractivity contribution in [2.24, 2.45) is 0 Å². The molecule has 0 radical (unpaired) electrons. The maximum atomic E-state index is 13.1. The minimum absolute atomic E-state index is 0.116. The molecule has 3 aromatic carbocycles. The van der Waals surface area contributed by atoms with Crippen LogP contribution in [0.4, 0.5) is 10.1 Å². The molecule has 1 aliphatic heterocycles. The highest BCUT2D eigenvalue weighted by Gasteiger charge is 2.43. The number of aromatic amines is 2. The van der Waals surface area contributed by atoms with Gasteiger partial charge in [-0.2, -0.15) is 5.10 Å². The third-order valence-corrected chi connectivity index (χ3v) is 6.81. The highest BCUT2D eigenvalue weighted by atomic mass is 19.1. The second-order valence-electron chi connectivity index (χ2n) is 9.41. The Morgan fingerprint density at radius 3 is 2.51 bits per heavy atom. The summed E-state index contributed by atoms with van der Waals surface area (Å²) in [5.41, 5.74) is 6.62. The molecule has 35 heavy (non-hydrogen) atoms. The molecule has 0 aliphatic carbocycles. The van der Waals surface area contributed by atoms with Crippen LogP contribution in [0.5, 0.6) is 0 Å². The molecule has 5 aromatic rings. The minimum Gasteiger partial charge on any atom is -0.337 e. The lowest BCUT2D eigenvalue weighted by Gasteiger charge is -2.18. The minimum atomic E-state index is -0.574. The number of benzene rings is 3. The number of rotatable bonds is 4. The van der Waals surface area contributed by atoms with Crippen LogP contribution in [0.25, 0.3) is 45.6 Å². The van der Waals surface area contributed by atoms with Crippen molar-refractivity contribution in [1.82, 2.24) is 20.2 Å². The van der Waals surface area contributed by atoms with Crippen molar-refractivity contribution in [3.8, 4) is 11.5 Å². The van der Waals surface area contributed by atoms with E-state index in [1.165, 1.54) is 12.1 Å². The van der Waals surface area contributed by atoms with E-state index in [1.54, 1.807) is 12.1 Å². The number of nitrogens with one attached hydrogen (secondary N) is 2. The predicted octanol–water partition coefficient (Wildman–Crippen LogP) is 6.06. The van der Waals surface area contributed by atoms with Gasteiger partial charge in [0.15, 0.2) is 5.82 Å². The second-order valence-corrected chi connectivity index (χ2v) is 9.41. The predicted molar refractivity (Wildman–Crippen MR) is 138 cm³/mol. The van der Waals surface area contributed by atoms with Crippen molar-refractivity contribution in [2.75, 3.05) is 11.4 Å². The number of H-pyrrole nitrogens is 2. The lowest BCUT2D eigenvalue weighted by molar-refractivity contribution is -0.122. The fraction of sp³-hybridized carbons (Fsp3) is 0.179. The van der Waals surface area contributed by atoms with Crippen LogP contribution in [-0.2, 0) is 10.2 Å². The van der Waals surface area contributed by atoms with E-state index < -0.39 is 5.41 Å². The van der Waals surface area contributed by atoms with Gasteiger partial charge in [-0.05, 0) is 73.9 Å². The first kappa shape index (κ1) is 21.3. The maximum Gasteiger partial charge on any atom is 0.237 e. The Kier molecular flexibility index (Phi) is 4.64. The van der Waals surface area contributed by atoms with Gasteiger partial charge in [-0.1, -0.05) is 30.4 Å². The molecule has 0 fully saturated rings. The topological polar surface area (TPSA) is 77.7 Å². The first-order chi connectivity index (χ1) is 16.8. The Morgan fingerprint density at radius 1 is 1.00 bits per heavy atom. The van der Waals surface area contributed by atoms with Crippen molar-refractivity contribution in [2.45, 2.75) is 26.2 Å². The van der Waals surface area contributed by atoms with E-state index in [0.29, 0.717) is 12.4 Å². The largest absolute Gasteiger partial charge is 0.337 e. The Hall–Kier alpha value is -4.26. The maximum absolute atomic E-state index is 13.1. The van der Waals surface area contributed by atoms with Crippen molar-refractivity contribution in [3.05, 3.63) is 77.1 Å². The average Bonchev–Trinajstić information content (AvgIpc) is 3.50. The molecule has 0 saturated carbocycles. The smallest absolute Gasteiger partial charge is 0.237 e. The van der Waals surface area contributed by atoms with Crippen LogP contribution in [0.1, 0.15) is 37.5 Å². The van der Waals surface area contributed by atoms with Crippen molar-refractivity contribution in [1.29, 1.82) is 0 Å². The lowest BCUT2D eigenvalue weighted by Crippen LogP contribution is -2.35. The summed E-state index contributed by atoms with van der Waals surface area (Å²) < 4.78 is 13.1. The van der Waals surface area contributed by atoms with E-state index in [9.17, 15) is 9.18 Å². The summed E-state index contributed by atoms with van der Waals surface area (Å²) in [5.74, 6) is 0.547. The fourth-order valence-electron chi connectivity index (χ4n) is 4.85. The number of hydrogen-bond donors (Lipinski definition) is 2. The van der Waals surface area contributed by atoms with Gasteiger partial charge in [-0.3, -0.25) is 9.89 Å². The summed E-state index contributed by atoms with van der Waals surface area (Å²) in [6.07, 6.45) is 3.93. The van der Waals surface area contributed by atoms with Gasteiger partial charge < -0.3 is 9.88 Å². The Balaban J connectivity index is 1.36. The van der Waals surface area contributed by atoms with Crippen LogP contribution in [0.2, 0.25) is 0 Å². The number of likely N-dealkylation sites (N-methyl/N-ethyl adjacent to an activating group) is 1. The average molecular weight is 466 g/mol. The highest BCUT2D eigenvalue weighted by molar-refractivity contribution is 6.09. The van der Waals surface area contributed by atoms with Crippen LogP contribution in [0.15, 0.2) is 54.6 Å². The number of anilines is 1. The van der Waals surface area contributed by atoms with Gasteiger partial charge in [0.05, 0.1) is 27.7 Å². The first-order valence-electron chi connectivity index (χ1n) is 11.6. The molecule has 0 unspecified atom stereocenters. The van der Waals surface area contributed by atoms with Crippen LogP contribution >= 0.6 is 0 Å². The molecule has 2 N–H and O–H groups in total. The Labute approximate surface area is 201 Å². The molecule has 0 saturated heterocycles. The number of amides is 1. The summed E-state index contributed by atoms with van der Waals surface area (Å²) in [6.45, 7) is 6.55. The Morgan fingerprint density at radius 2 is 1.74 bits per heavy atom. The van der Waals surface area contributed by atoms with Gasteiger partial charge in [0.2, 0.25) is 5.91 Å². The molecule has 2 aromatic heterocycles. The summed E-state index contributed by atoms with van der Waals surface area (Å²) >= 11 is 0. The number of imidazole rings is 1. The number of fused-ring (bicyclic) bond motifs is 3. The van der Waals surface area contributed by atoms with Gasteiger partial charge in [-0.15, -0.1) is 0 Å². The van der Waals surface area contributed by atoms with Gasteiger partial charge in [0, 0.05) is 11.9 Å². The summed E-state index contributed by atoms with van der Waals surface area (Å²) in [7, 11) is 0. The van der Waals surface area contributed by atoms with Crippen molar-refractivity contribution in [3.63, 3.8) is 0 Å². The van der Waals surface area contributed by atoms with E-state index >= 15 is 0 Å². The standard InChI is InChI=1S/C28H24FN5O/c1-4-34-24-15-23-22(14-20(24)28(2,3)27(34)35)30-26(31-23)25-19-12-9-17(13-21(19)32-33-25)6-5-16-7-10-18(29)11-8-16/h5-15H,4H2,1-3H3,(H,30,31)(H,32,33)/b6-5+. The molecular weight excluding hydrogens is 441 g/mol. The quantitative estimate of drug-likeness (QED) is 0.317. The number of hydrogen-bond acceptors (Lipinski definition) is 3. The fourth-order valence-corrected chi connectivity index (χ4v) is 4.85. The van der Waals surface area contributed by atoms with Crippen LogP contribution in [-0.4, -0.2) is 32.6 Å². The molecule has 6 rings (SSSR count). The van der Waals surface area contributed by atoms with Gasteiger partial charge in [0.1, 0.15) is 11.5 Å². The molecule has 0 spiro atoms. The van der Waals surface area contributed by atoms with Gasteiger partial charge >= 0.3 is 0 Å². The summed E-state index contributed by atoms with van der Waals surface area (Å²) in [5, 5.41) is 8.60. The zero-order valence-electron chi connectivity index (χ0n) is 19.7.